The van der Waals surface area contributed by atoms with E-state index in [1.165, 1.54) is 15.6 Å². The van der Waals surface area contributed by atoms with Crippen LogP contribution in [-0.2, 0) is 27.9 Å². The summed E-state index contributed by atoms with van der Waals surface area (Å²) in [5, 5.41) is 3.26. The summed E-state index contributed by atoms with van der Waals surface area (Å²) in [5.74, 6) is 0.694. The highest BCUT2D eigenvalue weighted by Gasteiger charge is 2.25. The van der Waals surface area contributed by atoms with Gasteiger partial charge in [0.2, 0.25) is 10.0 Å². The molecule has 0 atom stereocenters. The first kappa shape index (κ1) is 22.7. The van der Waals surface area contributed by atoms with Crippen molar-refractivity contribution in [1.82, 2.24) is 9.29 Å². The van der Waals surface area contributed by atoms with Crippen molar-refractivity contribution < 1.29 is 17.9 Å². The Kier molecular flexibility index (Phi) is 7.85. The van der Waals surface area contributed by atoms with Gasteiger partial charge in [0.15, 0.2) is 0 Å². The van der Waals surface area contributed by atoms with Gasteiger partial charge in [-0.05, 0) is 43.3 Å². The highest BCUT2D eigenvalue weighted by molar-refractivity contribution is 7.89. The minimum absolute atomic E-state index is 0.164. The molecule has 160 valence electrons. The molecule has 0 unspecified atom stereocenters. The lowest BCUT2D eigenvalue weighted by Crippen LogP contribution is -2.33. The summed E-state index contributed by atoms with van der Waals surface area (Å²) < 4.78 is 38.4. The molecular formula is C21H23ClN2O4S2. The van der Waals surface area contributed by atoms with Gasteiger partial charge in [0.25, 0.3) is 0 Å². The van der Waals surface area contributed by atoms with E-state index in [0.717, 1.165) is 10.6 Å². The van der Waals surface area contributed by atoms with E-state index in [0.29, 0.717) is 29.7 Å². The third kappa shape index (κ3) is 6.02. The number of hydrogen-bond donors (Lipinski definition) is 0. The second-order valence-corrected chi connectivity index (χ2v) is 9.94. The van der Waals surface area contributed by atoms with Crippen LogP contribution in [0.2, 0.25) is 5.02 Å². The SMILES string of the molecule is COCCN(Cc1csc(COc2ccc(Cl)cc2)n1)S(=O)(=O)c1ccc(C)cc1. The van der Waals surface area contributed by atoms with Crippen LogP contribution in [0.1, 0.15) is 16.3 Å². The number of aryl methyl sites for hydroxylation is 1. The Hall–Kier alpha value is -1.97. The molecule has 0 aliphatic carbocycles. The molecular weight excluding hydrogens is 444 g/mol. The van der Waals surface area contributed by atoms with Crippen LogP contribution in [0.15, 0.2) is 58.8 Å². The highest BCUT2D eigenvalue weighted by Crippen LogP contribution is 2.21. The van der Waals surface area contributed by atoms with Crippen LogP contribution < -0.4 is 4.74 Å². The van der Waals surface area contributed by atoms with Crippen LogP contribution in [0.25, 0.3) is 0 Å². The van der Waals surface area contributed by atoms with E-state index in [4.69, 9.17) is 21.1 Å². The monoisotopic (exact) mass is 466 g/mol. The highest BCUT2D eigenvalue weighted by atomic mass is 35.5. The molecule has 2 aromatic carbocycles. The van der Waals surface area contributed by atoms with Crippen molar-refractivity contribution >= 4 is 33.0 Å². The van der Waals surface area contributed by atoms with Crippen molar-refractivity contribution in [3.05, 3.63) is 75.2 Å². The van der Waals surface area contributed by atoms with Gasteiger partial charge in [0, 0.05) is 24.1 Å². The van der Waals surface area contributed by atoms with Crippen molar-refractivity contribution in [3.63, 3.8) is 0 Å². The quantitative estimate of drug-likeness (QED) is 0.439. The largest absolute Gasteiger partial charge is 0.486 e. The third-order valence-corrected chi connectivity index (χ3v) is 7.30. The molecule has 0 aliphatic heterocycles. The Morgan fingerprint density at radius 3 is 2.47 bits per heavy atom. The van der Waals surface area contributed by atoms with Gasteiger partial charge in [-0.1, -0.05) is 29.3 Å². The van der Waals surface area contributed by atoms with Gasteiger partial charge in [-0.3, -0.25) is 0 Å². The smallest absolute Gasteiger partial charge is 0.243 e. The summed E-state index contributed by atoms with van der Waals surface area (Å²) in [6, 6.07) is 13.9. The Morgan fingerprint density at radius 1 is 1.10 bits per heavy atom. The summed E-state index contributed by atoms with van der Waals surface area (Å²) in [7, 11) is -2.12. The first-order chi connectivity index (χ1) is 14.4. The maximum atomic E-state index is 13.1. The molecule has 6 nitrogen and oxygen atoms in total. The van der Waals surface area contributed by atoms with Gasteiger partial charge < -0.3 is 9.47 Å². The van der Waals surface area contributed by atoms with Crippen LogP contribution >= 0.6 is 22.9 Å². The average Bonchev–Trinajstić information content (AvgIpc) is 3.18. The Bertz CT molecular complexity index is 1050. The summed E-state index contributed by atoms with van der Waals surface area (Å²) >= 11 is 7.31. The second-order valence-electron chi connectivity index (χ2n) is 6.62. The molecule has 30 heavy (non-hydrogen) atoms. The number of aromatic nitrogens is 1. The second kappa shape index (κ2) is 10.4. The number of methoxy groups -OCH3 is 1. The third-order valence-electron chi connectivity index (χ3n) is 4.32. The molecule has 0 aliphatic rings. The predicted octanol–water partition coefficient (Wildman–Crippen LogP) is 4.52. The Morgan fingerprint density at radius 2 is 1.80 bits per heavy atom. The molecule has 3 rings (SSSR count). The van der Waals surface area contributed by atoms with Crippen LogP contribution in [0.3, 0.4) is 0 Å². The lowest BCUT2D eigenvalue weighted by atomic mass is 10.2. The molecule has 0 bridgehead atoms. The van der Waals surface area contributed by atoms with E-state index >= 15 is 0 Å². The number of rotatable bonds is 10. The zero-order valence-corrected chi connectivity index (χ0v) is 19.1. The van der Waals surface area contributed by atoms with Crippen LogP contribution in [0, 0.1) is 6.92 Å². The van der Waals surface area contributed by atoms with E-state index < -0.39 is 10.0 Å². The number of ether oxygens (including phenoxy) is 2. The molecule has 3 aromatic rings. The molecule has 0 saturated heterocycles. The Balaban J connectivity index is 1.70. The molecule has 1 aromatic heterocycles. The lowest BCUT2D eigenvalue weighted by molar-refractivity contribution is 0.177. The van der Waals surface area contributed by atoms with Gasteiger partial charge in [0.05, 0.1) is 23.7 Å². The number of nitrogens with zero attached hydrogens (tertiary/aromatic N) is 2. The molecule has 9 heteroatoms. The fourth-order valence-electron chi connectivity index (χ4n) is 2.68. The number of benzene rings is 2. The summed E-state index contributed by atoms with van der Waals surface area (Å²) in [4.78, 5) is 4.79. The minimum Gasteiger partial charge on any atom is -0.486 e. The number of thiazole rings is 1. The van der Waals surface area contributed by atoms with E-state index in [1.807, 2.05) is 12.3 Å². The van der Waals surface area contributed by atoms with Gasteiger partial charge in [-0.15, -0.1) is 11.3 Å². The Labute approximate surface area is 186 Å². The first-order valence-electron chi connectivity index (χ1n) is 9.26. The molecule has 0 fully saturated rings. The standard InChI is InChI=1S/C21H23ClN2O4S2/c1-16-3-9-20(10-4-16)30(25,26)24(11-12-27-2)13-18-15-29-21(23-18)14-28-19-7-5-17(22)6-8-19/h3-10,15H,11-14H2,1-2H3. The zero-order chi connectivity index (χ0) is 21.6. The molecule has 0 amide bonds. The van der Waals surface area contributed by atoms with Crippen molar-refractivity contribution in [3.8, 4) is 5.75 Å². The lowest BCUT2D eigenvalue weighted by Gasteiger charge is -2.21. The normalized spacial score (nSPS) is 11.7. The van der Waals surface area contributed by atoms with E-state index in [9.17, 15) is 8.42 Å². The van der Waals surface area contributed by atoms with Crippen LogP contribution in [-0.4, -0.2) is 38.0 Å². The van der Waals surface area contributed by atoms with Crippen molar-refractivity contribution in [1.29, 1.82) is 0 Å². The maximum Gasteiger partial charge on any atom is 0.243 e. The van der Waals surface area contributed by atoms with Gasteiger partial charge in [-0.25, -0.2) is 13.4 Å². The van der Waals surface area contributed by atoms with Crippen molar-refractivity contribution in [2.24, 2.45) is 0 Å². The minimum atomic E-state index is -3.66. The maximum absolute atomic E-state index is 13.1. The predicted molar refractivity (Wildman–Crippen MR) is 119 cm³/mol. The van der Waals surface area contributed by atoms with E-state index in [-0.39, 0.29) is 18.0 Å². The van der Waals surface area contributed by atoms with Gasteiger partial charge in [-0.2, -0.15) is 4.31 Å². The summed E-state index contributed by atoms with van der Waals surface area (Å²) in [6.45, 7) is 2.91. The van der Waals surface area contributed by atoms with Gasteiger partial charge >= 0.3 is 0 Å². The molecule has 0 radical (unpaired) electrons. The molecule has 0 N–H and O–H groups in total. The van der Waals surface area contributed by atoms with Crippen molar-refractivity contribution in [2.45, 2.75) is 25.0 Å². The number of sulfonamides is 1. The fraction of sp³-hybridized carbons (Fsp3) is 0.286. The van der Waals surface area contributed by atoms with Gasteiger partial charge in [0.1, 0.15) is 17.4 Å². The van der Waals surface area contributed by atoms with E-state index in [2.05, 4.69) is 4.98 Å². The first-order valence-corrected chi connectivity index (χ1v) is 12.0. The molecule has 1 heterocycles. The topological polar surface area (TPSA) is 68.7 Å². The summed E-state index contributed by atoms with van der Waals surface area (Å²) in [5.41, 5.74) is 1.67. The van der Waals surface area contributed by atoms with Crippen LogP contribution in [0.4, 0.5) is 0 Å². The molecule has 0 spiro atoms. The number of hydrogen-bond acceptors (Lipinski definition) is 6. The molecule has 0 saturated carbocycles. The van der Waals surface area contributed by atoms with E-state index in [1.54, 1.807) is 55.6 Å². The van der Waals surface area contributed by atoms with Crippen molar-refractivity contribution in [2.75, 3.05) is 20.3 Å². The fourth-order valence-corrected chi connectivity index (χ4v) is 4.90. The average molecular weight is 467 g/mol. The summed E-state index contributed by atoms with van der Waals surface area (Å²) in [6.07, 6.45) is 0. The zero-order valence-electron chi connectivity index (χ0n) is 16.7. The van der Waals surface area contributed by atoms with Crippen LogP contribution in [0.5, 0.6) is 5.75 Å². The number of halogens is 1.